The maximum absolute atomic E-state index is 10.8. The van der Waals surface area contributed by atoms with Gasteiger partial charge in [0, 0.05) is 29.3 Å². The molecule has 0 unspecified atom stereocenters. The number of azo groups is 1. The zero-order valence-electron chi connectivity index (χ0n) is 34.5. The van der Waals surface area contributed by atoms with Crippen LogP contribution in [0.3, 0.4) is 0 Å². The van der Waals surface area contributed by atoms with Crippen molar-refractivity contribution >= 4 is 148 Å². The maximum atomic E-state index is 10.8. The van der Waals surface area contributed by atoms with E-state index >= 15 is 0 Å². The average Bonchev–Trinajstić information content (AvgIpc) is 4.12. The molecule has 8 rings (SSSR count). The van der Waals surface area contributed by atoms with Gasteiger partial charge in [0.2, 0.25) is 0 Å². The van der Waals surface area contributed by atoms with Crippen LogP contribution in [0.2, 0.25) is 0 Å². The molecule has 0 aliphatic rings. The summed E-state index contributed by atoms with van der Waals surface area (Å²) >= 11 is 10.6. The third-order valence-electron chi connectivity index (χ3n) is 7.03. The van der Waals surface area contributed by atoms with E-state index in [1.165, 1.54) is 53.5 Å². The minimum Gasteiger partial charge on any atom is -0.744 e. The molecule has 8 aromatic rings. The van der Waals surface area contributed by atoms with Gasteiger partial charge < -0.3 is 9.11 Å². The first-order chi connectivity index (χ1) is 31.5. The topological polar surface area (TPSA) is 294 Å². The summed E-state index contributed by atoms with van der Waals surface area (Å²) in [6.07, 6.45) is 12.9. The van der Waals surface area contributed by atoms with Crippen LogP contribution in [-0.4, -0.2) is 37.9 Å². The van der Waals surface area contributed by atoms with Gasteiger partial charge in [0.1, 0.15) is 20.2 Å². The first-order valence-electron chi connectivity index (χ1n) is 18.5. The van der Waals surface area contributed by atoms with E-state index in [0.29, 0.717) is 11.4 Å². The second kappa shape index (κ2) is 29.4. The van der Waals surface area contributed by atoms with Crippen molar-refractivity contribution < 1.29 is 36.8 Å². The van der Waals surface area contributed by atoms with Crippen molar-refractivity contribution in [2.24, 2.45) is 33.2 Å². The molecular weight excluding hydrogens is 993 g/mol. The van der Waals surface area contributed by atoms with Gasteiger partial charge in [-0.15, -0.1) is 68.0 Å². The molecule has 12 N–H and O–H groups in total. The van der Waals surface area contributed by atoms with E-state index in [0.717, 1.165) is 24.3 Å². The van der Waals surface area contributed by atoms with Crippen LogP contribution in [0.5, 0.6) is 0 Å². The number of nitrogens with two attached hydrogens (primary N) is 6. The SMILES string of the molecule is C(=C\c1cccs1)/c1cccs1.C(=C\c1cccs1)/c1cccs1.C(=C\c1cccs1)/c1cccs1.NC(N)=[NH2+].NC(N)=[NH2+].O=S(=O)([O-])c1ccc(N=Nc2ccc(S(=O)(=O)[O-])cc2)cc1. The Kier molecular flexibility index (Phi) is 24.1. The van der Waals surface area contributed by atoms with Crippen molar-refractivity contribution in [3.8, 4) is 0 Å². The summed E-state index contributed by atoms with van der Waals surface area (Å²) in [5.74, 6) is -0.167. The Balaban J connectivity index is 0.000000228. The fraction of sp³-hybridized carbons (Fsp3) is 0. The van der Waals surface area contributed by atoms with Gasteiger partial charge in [-0.3, -0.25) is 33.8 Å². The van der Waals surface area contributed by atoms with E-state index in [4.69, 9.17) is 0 Å². The monoisotopic (exact) mass is 1040 g/mol. The Hall–Kier alpha value is -6.18. The van der Waals surface area contributed by atoms with Crippen molar-refractivity contribution in [1.82, 2.24) is 0 Å². The number of guanidine groups is 2. The number of thiophene rings is 6. The molecule has 22 heteroatoms. The summed E-state index contributed by atoms with van der Waals surface area (Å²) in [6.45, 7) is 0. The molecule has 0 amide bonds. The Morgan fingerprint density at radius 2 is 0.576 bits per heavy atom. The molecule has 0 aliphatic heterocycles. The summed E-state index contributed by atoms with van der Waals surface area (Å²) in [6, 6.07) is 34.7. The lowest BCUT2D eigenvalue weighted by atomic mass is 10.3. The largest absolute Gasteiger partial charge is 0.744 e. The van der Waals surface area contributed by atoms with Crippen molar-refractivity contribution in [2.45, 2.75) is 9.79 Å². The standard InChI is InChI=1S/C12H10N2O6S2.3C10H8S2.2CH5N3/c15-21(16,17)11-5-1-9(2-6-11)13-14-10-3-7-12(8-4-10)22(18,19)20;3*1-3-9(11-7-1)5-6-10-4-2-8-12-10;2*2-1(3)4/h1-8H,(H,15,16,17)(H,18,19,20);3*1-8H;2*(H5,2,3,4)/b;3*6-5+;;. The minimum absolute atomic E-state index is 0.0833. The highest BCUT2D eigenvalue weighted by Gasteiger charge is 2.02. The predicted molar refractivity (Wildman–Crippen MR) is 276 cm³/mol. The summed E-state index contributed by atoms with van der Waals surface area (Å²) in [7, 11) is -9.03. The molecule has 0 radical (unpaired) electrons. The smallest absolute Gasteiger partial charge is 0.336 e. The Morgan fingerprint density at radius 3 is 0.712 bits per heavy atom. The van der Waals surface area contributed by atoms with Crippen LogP contribution in [0.1, 0.15) is 29.3 Å². The van der Waals surface area contributed by atoms with Crippen molar-refractivity contribution in [3.05, 3.63) is 183 Å². The lowest BCUT2D eigenvalue weighted by Gasteiger charge is -2.06. The van der Waals surface area contributed by atoms with Crippen LogP contribution in [0.4, 0.5) is 11.4 Å². The fourth-order valence-electron chi connectivity index (χ4n) is 4.28. The van der Waals surface area contributed by atoms with Gasteiger partial charge in [-0.25, -0.2) is 16.8 Å². The van der Waals surface area contributed by atoms with Gasteiger partial charge >= 0.3 is 11.9 Å². The number of rotatable bonds is 10. The zero-order valence-corrected chi connectivity index (χ0v) is 41.1. The molecule has 344 valence electrons. The van der Waals surface area contributed by atoms with Gasteiger partial charge in [0.15, 0.2) is 0 Å². The lowest BCUT2D eigenvalue weighted by molar-refractivity contribution is -0.117. The van der Waals surface area contributed by atoms with Crippen LogP contribution in [0, 0.1) is 0 Å². The molecule has 66 heavy (non-hydrogen) atoms. The third kappa shape index (κ3) is 24.2. The highest BCUT2D eigenvalue weighted by Crippen LogP contribution is 2.22. The van der Waals surface area contributed by atoms with Gasteiger partial charge in [-0.2, -0.15) is 10.2 Å². The second-order valence-corrected chi connectivity index (χ2v) is 20.8. The average molecular weight is 1040 g/mol. The Labute approximate surface area is 407 Å². The van der Waals surface area contributed by atoms with Crippen molar-refractivity contribution in [2.75, 3.05) is 0 Å². The van der Waals surface area contributed by atoms with Crippen molar-refractivity contribution in [1.29, 1.82) is 0 Å². The predicted octanol–water partition coefficient (Wildman–Crippen LogP) is 7.89. The highest BCUT2D eigenvalue weighted by molar-refractivity contribution is 7.86. The molecule has 0 aliphatic carbocycles. The van der Waals surface area contributed by atoms with Gasteiger partial charge in [0.25, 0.3) is 0 Å². The van der Waals surface area contributed by atoms with Gasteiger partial charge in [-0.05, 0) is 154 Å². The van der Waals surface area contributed by atoms with Gasteiger partial charge in [-0.1, -0.05) is 36.4 Å². The first-order valence-corrected chi connectivity index (χ1v) is 26.6. The second-order valence-electron chi connectivity index (χ2n) is 12.2. The Morgan fingerprint density at radius 1 is 0.394 bits per heavy atom. The highest BCUT2D eigenvalue weighted by atomic mass is 32.2. The molecule has 0 saturated heterocycles. The number of hydrogen-bond donors (Lipinski definition) is 6. The lowest BCUT2D eigenvalue weighted by Crippen LogP contribution is -2.51. The normalized spacial score (nSPS) is 10.9. The summed E-state index contributed by atoms with van der Waals surface area (Å²) in [4.78, 5) is 7.10. The third-order valence-corrected chi connectivity index (χ3v) is 13.8. The summed E-state index contributed by atoms with van der Waals surface area (Å²) in [5.41, 5.74) is 18.9. The minimum atomic E-state index is -4.51. The summed E-state index contributed by atoms with van der Waals surface area (Å²) < 4.78 is 64.5. The van der Waals surface area contributed by atoms with E-state index in [-0.39, 0.29) is 21.7 Å². The quantitative estimate of drug-likeness (QED) is 0.0333. The molecular formula is C44H44N8O6S8. The zero-order chi connectivity index (χ0) is 48.2. The number of nitrogens with zero attached hydrogens (tertiary/aromatic N) is 2. The van der Waals surface area contributed by atoms with Crippen LogP contribution in [0.15, 0.2) is 174 Å². The molecule has 0 atom stereocenters. The van der Waals surface area contributed by atoms with E-state index in [1.807, 2.05) is 0 Å². The molecule has 6 heterocycles. The molecule has 2 aromatic carbocycles. The molecule has 14 nitrogen and oxygen atoms in total. The van der Waals surface area contributed by atoms with E-state index < -0.39 is 20.2 Å². The number of benzene rings is 2. The molecule has 0 saturated carbocycles. The van der Waals surface area contributed by atoms with Crippen LogP contribution in [-0.2, 0) is 20.2 Å². The first kappa shape index (κ1) is 54.2. The van der Waals surface area contributed by atoms with E-state index in [1.54, 1.807) is 68.0 Å². The fourth-order valence-corrected chi connectivity index (χ4v) is 8.93. The van der Waals surface area contributed by atoms with E-state index in [9.17, 15) is 25.9 Å². The molecule has 0 fully saturated rings. The molecule has 0 bridgehead atoms. The summed E-state index contributed by atoms with van der Waals surface area (Å²) in [5, 5.41) is 29.3. The van der Waals surface area contributed by atoms with Gasteiger partial charge in [0.05, 0.1) is 21.2 Å². The van der Waals surface area contributed by atoms with E-state index in [2.05, 4.69) is 186 Å². The van der Waals surface area contributed by atoms with Crippen LogP contribution < -0.4 is 33.8 Å². The molecule has 0 spiro atoms. The maximum Gasteiger partial charge on any atom is 0.336 e. The van der Waals surface area contributed by atoms with Crippen LogP contribution >= 0.6 is 68.0 Å². The Bertz CT molecular complexity index is 2510. The van der Waals surface area contributed by atoms with Crippen LogP contribution in [0.25, 0.3) is 36.5 Å². The number of hydrogen-bond acceptors (Lipinski definition) is 14. The molecule has 6 aromatic heterocycles. The van der Waals surface area contributed by atoms with Crippen molar-refractivity contribution in [3.63, 3.8) is 0 Å².